The maximum absolute atomic E-state index is 12.2. The lowest BCUT2D eigenvalue weighted by Gasteiger charge is -2.22. The molecule has 2 nitrogen and oxygen atoms in total. The van der Waals surface area contributed by atoms with Crippen LogP contribution in [0.4, 0.5) is 0 Å². The lowest BCUT2D eigenvalue weighted by atomic mass is 9.89. The number of nitrogens with zero attached hydrogens (tertiary/aromatic N) is 1. The molecule has 0 bridgehead atoms. The first kappa shape index (κ1) is 11.0. The van der Waals surface area contributed by atoms with Crippen molar-refractivity contribution in [2.24, 2.45) is 5.92 Å². The van der Waals surface area contributed by atoms with E-state index >= 15 is 0 Å². The van der Waals surface area contributed by atoms with Gasteiger partial charge in [-0.05, 0) is 36.3 Å². The van der Waals surface area contributed by atoms with Gasteiger partial charge in [-0.1, -0.05) is 19.3 Å². The molecule has 1 fully saturated rings. The van der Waals surface area contributed by atoms with Gasteiger partial charge < -0.3 is 4.57 Å². The Morgan fingerprint density at radius 3 is 2.88 bits per heavy atom. The lowest BCUT2D eigenvalue weighted by molar-refractivity contribution is 0.316. The van der Waals surface area contributed by atoms with E-state index in [2.05, 4.69) is 6.07 Å². The highest BCUT2D eigenvalue weighted by Crippen LogP contribution is 2.25. The summed E-state index contributed by atoms with van der Waals surface area (Å²) in [6, 6.07) is 4.02. The van der Waals surface area contributed by atoms with Crippen molar-refractivity contribution in [3.63, 3.8) is 0 Å². The summed E-state index contributed by atoms with van der Waals surface area (Å²) in [5.41, 5.74) is 0.189. The van der Waals surface area contributed by atoms with Gasteiger partial charge in [0.2, 0.25) is 0 Å². The van der Waals surface area contributed by atoms with Crippen molar-refractivity contribution in [1.29, 1.82) is 0 Å². The molecule has 0 N–H and O–H groups in total. The quantitative estimate of drug-likeness (QED) is 0.794. The average Bonchev–Trinajstić information content (AvgIpc) is 2.83. The summed E-state index contributed by atoms with van der Waals surface area (Å²) in [7, 11) is 0. The molecule has 2 aromatic heterocycles. The van der Waals surface area contributed by atoms with Crippen molar-refractivity contribution in [2.45, 2.75) is 38.6 Å². The molecule has 1 aliphatic rings. The zero-order valence-electron chi connectivity index (χ0n) is 9.89. The molecule has 2 aromatic rings. The number of thiophene rings is 1. The van der Waals surface area contributed by atoms with Crippen LogP contribution in [0.5, 0.6) is 0 Å². The molecular weight excluding hydrogens is 230 g/mol. The molecule has 0 saturated heterocycles. The van der Waals surface area contributed by atoms with E-state index in [9.17, 15) is 4.79 Å². The Bertz CT molecular complexity index is 563. The Morgan fingerprint density at radius 1 is 1.24 bits per heavy atom. The van der Waals surface area contributed by atoms with E-state index in [1.807, 2.05) is 22.2 Å². The normalized spacial score (nSPS) is 17.6. The molecule has 0 radical (unpaired) electrons. The minimum absolute atomic E-state index is 0.189. The maximum atomic E-state index is 12.2. The molecule has 90 valence electrons. The van der Waals surface area contributed by atoms with Crippen molar-refractivity contribution in [2.75, 3.05) is 0 Å². The summed E-state index contributed by atoms with van der Waals surface area (Å²) in [5, 5.41) is 2.88. The standard InChI is InChI=1S/C14H17NOS/c16-14-12-7-9-17-13(12)6-8-15(14)10-11-4-2-1-3-5-11/h6-9,11H,1-5,10H2. The van der Waals surface area contributed by atoms with E-state index in [0.29, 0.717) is 5.92 Å². The van der Waals surface area contributed by atoms with Gasteiger partial charge in [0.05, 0.1) is 5.39 Å². The van der Waals surface area contributed by atoms with Crippen LogP contribution in [0.15, 0.2) is 28.5 Å². The fraction of sp³-hybridized carbons (Fsp3) is 0.500. The molecule has 0 unspecified atom stereocenters. The Hall–Kier alpha value is -1.09. The van der Waals surface area contributed by atoms with Crippen molar-refractivity contribution in [3.05, 3.63) is 34.1 Å². The van der Waals surface area contributed by atoms with Gasteiger partial charge in [-0.25, -0.2) is 0 Å². The van der Waals surface area contributed by atoms with Crippen LogP contribution >= 0.6 is 11.3 Å². The molecule has 2 heterocycles. The van der Waals surface area contributed by atoms with Gasteiger partial charge >= 0.3 is 0 Å². The van der Waals surface area contributed by atoms with Crippen LogP contribution in [0.2, 0.25) is 0 Å². The smallest absolute Gasteiger partial charge is 0.259 e. The van der Waals surface area contributed by atoms with Crippen LogP contribution < -0.4 is 5.56 Å². The van der Waals surface area contributed by atoms with E-state index in [0.717, 1.165) is 16.6 Å². The van der Waals surface area contributed by atoms with Gasteiger partial charge in [-0.15, -0.1) is 11.3 Å². The van der Waals surface area contributed by atoms with E-state index in [1.165, 1.54) is 32.1 Å². The Kier molecular flexibility index (Phi) is 3.02. The Balaban J connectivity index is 1.89. The summed E-state index contributed by atoms with van der Waals surface area (Å²) in [4.78, 5) is 12.2. The van der Waals surface area contributed by atoms with Crippen LogP contribution in [-0.2, 0) is 6.54 Å². The summed E-state index contributed by atoms with van der Waals surface area (Å²) < 4.78 is 3.01. The lowest BCUT2D eigenvalue weighted by Crippen LogP contribution is -2.24. The predicted molar refractivity (Wildman–Crippen MR) is 72.7 cm³/mol. The average molecular weight is 247 g/mol. The summed E-state index contributed by atoms with van der Waals surface area (Å²) in [5.74, 6) is 0.706. The van der Waals surface area contributed by atoms with Gasteiger partial charge in [-0.2, -0.15) is 0 Å². The first-order valence-electron chi connectivity index (χ1n) is 6.41. The third-order valence-corrected chi connectivity index (χ3v) is 4.65. The monoisotopic (exact) mass is 247 g/mol. The van der Waals surface area contributed by atoms with Crippen molar-refractivity contribution in [3.8, 4) is 0 Å². The van der Waals surface area contributed by atoms with Crippen molar-refractivity contribution < 1.29 is 0 Å². The third kappa shape index (κ3) is 2.16. The van der Waals surface area contributed by atoms with E-state index in [4.69, 9.17) is 0 Å². The molecule has 3 heteroatoms. The molecule has 3 rings (SSSR count). The zero-order valence-corrected chi connectivity index (χ0v) is 10.7. The van der Waals surface area contributed by atoms with E-state index < -0.39 is 0 Å². The number of aromatic nitrogens is 1. The summed E-state index contributed by atoms with van der Waals surface area (Å²) in [6.07, 6.45) is 8.58. The first-order chi connectivity index (χ1) is 8.34. The highest BCUT2D eigenvalue weighted by molar-refractivity contribution is 7.17. The summed E-state index contributed by atoms with van der Waals surface area (Å²) in [6.45, 7) is 0.907. The maximum Gasteiger partial charge on any atom is 0.259 e. The molecule has 0 aromatic carbocycles. The molecule has 1 aliphatic carbocycles. The van der Waals surface area contributed by atoms with Gasteiger partial charge in [0, 0.05) is 17.4 Å². The van der Waals surface area contributed by atoms with Crippen molar-refractivity contribution in [1.82, 2.24) is 4.57 Å². The first-order valence-corrected chi connectivity index (χ1v) is 7.29. The second-order valence-corrected chi connectivity index (χ2v) is 5.92. The molecule has 0 amide bonds. The molecule has 0 atom stereocenters. The number of hydrogen-bond acceptors (Lipinski definition) is 2. The number of pyridine rings is 1. The Morgan fingerprint density at radius 2 is 2.06 bits per heavy atom. The Labute approximate surface area is 105 Å². The highest BCUT2D eigenvalue weighted by Gasteiger charge is 2.15. The zero-order chi connectivity index (χ0) is 11.7. The van der Waals surface area contributed by atoms with Crippen LogP contribution in [0.3, 0.4) is 0 Å². The minimum atomic E-state index is 0.189. The molecular formula is C14H17NOS. The second-order valence-electron chi connectivity index (χ2n) is 4.98. The van der Waals surface area contributed by atoms with Crippen LogP contribution in [0, 0.1) is 5.92 Å². The van der Waals surface area contributed by atoms with Gasteiger partial charge in [-0.3, -0.25) is 4.79 Å². The van der Waals surface area contributed by atoms with E-state index in [1.54, 1.807) is 11.3 Å². The molecule has 1 saturated carbocycles. The van der Waals surface area contributed by atoms with Gasteiger partial charge in [0.15, 0.2) is 0 Å². The van der Waals surface area contributed by atoms with Crippen LogP contribution in [0.25, 0.3) is 10.1 Å². The van der Waals surface area contributed by atoms with Crippen LogP contribution in [0.1, 0.15) is 32.1 Å². The predicted octanol–water partition coefficient (Wildman–Crippen LogP) is 3.64. The number of hydrogen-bond donors (Lipinski definition) is 0. The van der Waals surface area contributed by atoms with Gasteiger partial charge in [0.25, 0.3) is 5.56 Å². The number of fused-ring (bicyclic) bond motifs is 1. The summed E-state index contributed by atoms with van der Waals surface area (Å²) >= 11 is 1.64. The largest absolute Gasteiger partial charge is 0.315 e. The van der Waals surface area contributed by atoms with E-state index in [-0.39, 0.29) is 5.56 Å². The fourth-order valence-corrected chi connectivity index (χ4v) is 3.57. The SMILES string of the molecule is O=c1c2ccsc2ccn1CC1CCCCC1. The van der Waals surface area contributed by atoms with Crippen LogP contribution in [-0.4, -0.2) is 4.57 Å². The highest BCUT2D eigenvalue weighted by atomic mass is 32.1. The van der Waals surface area contributed by atoms with Crippen molar-refractivity contribution >= 4 is 21.4 Å². The topological polar surface area (TPSA) is 22.0 Å². The van der Waals surface area contributed by atoms with Gasteiger partial charge in [0.1, 0.15) is 0 Å². The fourth-order valence-electron chi connectivity index (χ4n) is 2.80. The third-order valence-electron chi connectivity index (χ3n) is 3.77. The number of rotatable bonds is 2. The molecule has 17 heavy (non-hydrogen) atoms. The molecule has 0 spiro atoms. The minimum Gasteiger partial charge on any atom is -0.315 e. The molecule has 0 aliphatic heterocycles. The second kappa shape index (κ2) is 4.65.